The van der Waals surface area contributed by atoms with Gasteiger partial charge in [0.05, 0.1) is 0 Å². The molecule has 2 saturated heterocycles. The number of likely N-dealkylation sites (N-methyl/N-ethyl adjacent to an activating group) is 1. The predicted molar refractivity (Wildman–Crippen MR) is 215 cm³/mol. The van der Waals surface area contributed by atoms with Crippen molar-refractivity contribution < 1.29 is 18.9 Å². The number of allylic oxidation sites excluding steroid dienone is 8. The third kappa shape index (κ3) is 20.7. The molecule has 50 heavy (non-hydrogen) atoms. The van der Waals surface area contributed by atoms with Crippen molar-refractivity contribution in [2.24, 2.45) is 0 Å². The average molecular weight is 700 g/mol. The maximum atomic E-state index is 6.89. The molecule has 4 atom stereocenters. The van der Waals surface area contributed by atoms with Crippen LogP contribution >= 0.6 is 0 Å². The SMILES string of the molecule is CCCCC/C=C\C/C=C\CCCCCCCCC1(CCCCCCCC/C=C\C/C=C\CCCCC)O[C@H]2[C@@H](OC)OC(CN(C)C)[C@H]2O1. The smallest absolute Gasteiger partial charge is 0.186 e. The number of rotatable bonds is 33. The van der Waals surface area contributed by atoms with Crippen LogP contribution in [-0.4, -0.2) is 63.0 Å². The number of nitrogens with zero attached hydrogens (tertiary/aromatic N) is 1. The summed E-state index contributed by atoms with van der Waals surface area (Å²) in [5.41, 5.74) is 0. The van der Waals surface area contributed by atoms with E-state index in [1.807, 2.05) is 0 Å². The van der Waals surface area contributed by atoms with Crippen LogP contribution < -0.4 is 0 Å². The Bertz CT molecular complexity index is 848. The van der Waals surface area contributed by atoms with Crippen LogP contribution in [0.5, 0.6) is 0 Å². The van der Waals surface area contributed by atoms with E-state index in [0.29, 0.717) is 0 Å². The Kier molecular flexibility index (Phi) is 27.2. The first-order valence-electron chi connectivity index (χ1n) is 21.3. The lowest BCUT2D eigenvalue weighted by Gasteiger charge is -2.32. The second kappa shape index (κ2) is 30.2. The first kappa shape index (κ1) is 44.9. The lowest BCUT2D eigenvalue weighted by molar-refractivity contribution is -0.248. The number of unbranched alkanes of at least 4 members (excludes halogenated alkanes) is 18. The second-order valence-corrected chi connectivity index (χ2v) is 15.3. The van der Waals surface area contributed by atoms with Gasteiger partial charge in [-0.2, -0.15) is 0 Å². The first-order valence-corrected chi connectivity index (χ1v) is 21.3. The summed E-state index contributed by atoms with van der Waals surface area (Å²) in [6.07, 6.45) is 50.5. The van der Waals surface area contributed by atoms with Gasteiger partial charge in [0, 0.05) is 26.5 Å². The van der Waals surface area contributed by atoms with E-state index in [2.05, 4.69) is 81.5 Å². The third-order valence-corrected chi connectivity index (χ3v) is 10.3. The minimum Gasteiger partial charge on any atom is -0.353 e. The van der Waals surface area contributed by atoms with E-state index in [-0.39, 0.29) is 24.6 Å². The molecule has 2 aliphatic rings. The molecular formula is C45H81NO4. The van der Waals surface area contributed by atoms with Crippen LogP contribution in [0.3, 0.4) is 0 Å². The van der Waals surface area contributed by atoms with Gasteiger partial charge in [-0.15, -0.1) is 0 Å². The molecule has 0 aromatic rings. The zero-order valence-electron chi connectivity index (χ0n) is 33.6. The Morgan fingerprint density at radius 2 is 0.920 bits per heavy atom. The van der Waals surface area contributed by atoms with E-state index >= 15 is 0 Å². The molecule has 2 rings (SSSR count). The predicted octanol–water partition coefficient (Wildman–Crippen LogP) is 12.8. The Morgan fingerprint density at radius 1 is 0.520 bits per heavy atom. The average Bonchev–Trinajstić information content (AvgIpc) is 3.63. The van der Waals surface area contributed by atoms with E-state index in [9.17, 15) is 0 Å². The van der Waals surface area contributed by atoms with E-state index in [1.54, 1.807) is 7.11 Å². The molecule has 0 bridgehead atoms. The van der Waals surface area contributed by atoms with Crippen molar-refractivity contribution in [3.8, 4) is 0 Å². The molecule has 5 nitrogen and oxygen atoms in total. The van der Waals surface area contributed by atoms with Gasteiger partial charge in [-0.05, 0) is 91.1 Å². The van der Waals surface area contributed by atoms with Gasteiger partial charge in [-0.3, -0.25) is 0 Å². The fraction of sp³-hybridized carbons (Fsp3) is 0.822. The summed E-state index contributed by atoms with van der Waals surface area (Å²) in [5.74, 6) is -0.495. The van der Waals surface area contributed by atoms with Gasteiger partial charge in [-0.25, -0.2) is 0 Å². The van der Waals surface area contributed by atoms with Gasteiger partial charge in [-0.1, -0.05) is 140 Å². The Hall–Kier alpha value is -1.24. The molecule has 0 saturated carbocycles. The van der Waals surface area contributed by atoms with Gasteiger partial charge in [0.1, 0.15) is 18.3 Å². The standard InChI is InChI=1S/C45H81NO4/c1-6-8-10-12-14-16-18-20-22-24-26-28-30-32-34-36-38-45(49-42-41(40-46(3)4)48-44(47-5)43(42)50-45)39-37-35-33-31-29-27-25-23-21-19-17-15-13-11-9-7-2/h14-17,20-23,41-44H,6-13,18-19,24-40H2,1-5H3/b16-14-,17-15-,22-20-,23-21-/t41?,42-,43-,44+/m1/s1. The largest absolute Gasteiger partial charge is 0.353 e. The van der Waals surface area contributed by atoms with Crippen LogP contribution in [0.1, 0.15) is 181 Å². The van der Waals surface area contributed by atoms with Gasteiger partial charge in [0.15, 0.2) is 12.1 Å². The van der Waals surface area contributed by atoms with E-state index < -0.39 is 5.79 Å². The van der Waals surface area contributed by atoms with E-state index in [0.717, 1.165) is 45.1 Å². The molecule has 0 radical (unpaired) electrons. The topological polar surface area (TPSA) is 40.2 Å². The molecule has 0 aromatic heterocycles. The summed E-state index contributed by atoms with van der Waals surface area (Å²) < 4.78 is 25.7. The number of fused-ring (bicyclic) bond motifs is 1. The van der Waals surface area contributed by atoms with Crippen molar-refractivity contribution in [2.45, 2.75) is 211 Å². The Balaban J connectivity index is 1.66. The molecule has 0 spiro atoms. The van der Waals surface area contributed by atoms with Gasteiger partial charge < -0.3 is 23.8 Å². The number of ether oxygens (including phenoxy) is 4. The maximum Gasteiger partial charge on any atom is 0.186 e. The van der Waals surface area contributed by atoms with Gasteiger partial charge in [0.25, 0.3) is 0 Å². The van der Waals surface area contributed by atoms with E-state index in [1.165, 1.54) is 128 Å². The summed E-state index contributed by atoms with van der Waals surface area (Å²) in [4.78, 5) is 2.17. The molecule has 5 heteroatoms. The van der Waals surface area contributed by atoms with Crippen LogP contribution in [0.15, 0.2) is 48.6 Å². The van der Waals surface area contributed by atoms with Crippen molar-refractivity contribution in [2.75, 3.05) is 27.7 Å². The van der Waals surface area contributed by atoms with Crippen LogP contribution in [-0.2, 0) is 18.9 Å². The van der Waals surface area contributed by atoms with Crippen molar-refractivity contribution in [1.82, 2.24) is 4.90 Å². The molecule has 2 fully saturated rings. The zero-order valence-corrected chi connectivity index (χ0v) is 33.6. The normalized spacial score (nSPS) is 22.1. The molecule has 2 aliphatic heterocycles. The lowest BCUT2D eigenvalue weighted by atomic mass is 9.98. The first-order chi connectivity index (χ1) is 24.5. The van der Waals surface area contributed by atoms with Crippen molar-refractivity contribution in [1.29, 1.82) is 0 Å². The number of methoxy groups -OCH3 is 1. The van der Waals surface area contributed by atoms with Gasteiger partial charge in [0.2, 0.25) is 0 Å². The highest BCUT2D eigenvalue weighted by Crippen LogP contribution is 2.44. The van der Waals surface area contributed by atoms with Crippen molar-refractivity contribution in [3.05, 3.63) is 48.6 Å². The minimum atomic E-state index is -0.495. The third-order valence-electron chi connectivity index (χ3n) is 10.3. The highest BCUT2D eigenvalue weighted by Gasteiger charge is 2.58. The van der Waals surface area contributed by atoms with Crippen molar-refractivity contribution >= 4 is 0 Å². The summed E-state index contributed by atoms with van der Waals surface area (Å²) in [6.45, 7) is 5.35. The second-order valence-electron chi connectivity index (χ2n) is 15.3. The monoisotopic (exact) mass is 700 g/mol. The number of hydrogen-bond donors (Lipinski definition) is 0. The van der Waals surface area contributed by atoms with Crippen LogP contribution in [0.4, 0.5) is 0 Å². The molecule has 0 N–H and O–H groups in total. The molecule has 2 heterocycles. The summed E-state index contributed by atoms with van der Waals surface area (Å²) >= 11 is 0. The highest BCUT2D eigenvalue weighted by atomic mass is 16.8. The van der Waals surface area contributed by atoms with Crippen LogP contribution in [0.25, 0.3) is 0 Å². The minimum absolute atomic E-state index is 0.0199. The van der Waals surface area contributed by atoms with E-state index in [4.69, 9.17) is 18.9 Å². The summed E-state index contributed by atoms with van der Waals surface area (Å²) in [5, 5.41) is 0. The Labute approximate surface area is 310 Å². The van der Waals surface area contributed by atoms with Crippen LogP contribution in [0, 0.1) is 0 Å². The molecule has 0 aliphatic carbocycles. The van der Waals surface area contributed by atoms with Gasteiger partial charge >= 0.3 is 0 Å². The lowest BCUT2D eigenvalue weighted by Crippen LogP contribution is -2.39. The summed E-state index contributed by atoms with van der Waals surface area (Å²) in [6, 6.07) is 0. The Morgan fingerprint density at radius 3 is 1.34 bits per heavy atom. The molecular weight excluding hydrogens is 618 g/mol. The highest BCUT2D eigenvalue weighted by molar-refractivity contribution is 4.98. The molecule has 290 valence electrons. The molecule has 0 amide bonds. The fourth-order valence-electron chi connectivity index (χ4n) is 7.31. The molecule has 0 aromatic carbocycles. The fourth-order valence-corrected chi connectivity index (χ4v) is 7.31. The summed E-state index contributed by atoms with van der Waals surface area (Å²) in [7, 11) is 5.92. The quantitative estimate of drug-likeness (QED) is 0.0504. The zero-order chi connectivity index (χ0) is 36.0. The number of hydrogen-bond acceptors (Lipinski definition) is 5. The van der Waals surface area contributed by atoms with Crippen molar-refractivity contribution in [3.63, 3.8) is 0 Å². The van der Waals surface area contributed by atoms with Crippen LogP contribution in [0.2, 0.25) is 0 Å². The maximum absolute atomic E-state index is 6.89. The molecule has 1 unspecified atom stereocenters.